The lowest BCUT2D eigenvalue weighted by Crippen LogP contribution is -1.96. The lowest BCUT2D eigenvalue weighted by atomic mass is 10.1. The van der Waals surface area contributed by atoms with Crippen molar-refractivity contribution in [2.24, 2.45) is 0 Å². The highest BCUT2D eigenvalue weighted by Gasteiger charge is 2.11. The molecule has 88 valence electrons. The SMILES string of the molecule is Cc1nc(Nc2ccc3c(c2)CCC3)c(N)[nH]1. The molecule has 0 spiro atoms. The smallest absolute Gasteiger partial charge is 0.173 e. The molecular formula is C13H16N4. The molecule has 1 aromatic carbocycles. The number of H-pyrrole nitrogens is 1. The molecule has 4 heteroatoms. The van der Waals surface area contributed by atoms with Crippen LogP contribution in [0.4, 0.5) is 17.3 Å². The predicted molar refractivity (Wildman–Crippen MR) is 69.5 cm³/mol. The fourth-order valence-corrected chi connectivity index (χ4v) is 2.39. The van der Waals surface area contributed by atoms with Crippen LogP contribution in [0.3, 0.4) is 0 Å². The quantitative estimate of drug-likeness (QED) is 0.740. The number of aromatic nitrogens is 2. The molecule has 1 aliphatic rings. The van der Waals surface area contributed by atoms with Gasteiger partial charge in [0.15, 0.2) is 5.82 Å². The van der Waals surface area contributed by atoms with Crippen LogP contribution in [0.15, 0.2) is 18.2 Å². The standard InChI is InChI=1S/C13H16N4/c1-8-15-12(14)13(16-8)17-11-6-5-9-3-2-4-10(9)7-11/h5-7,17H,2-4,14H2,1H3,(H,15,16). The van der Waals surface area contributed by atoms with Crippen molar-refractivity contribution in [3.8, 4) is 0 Å². The monoisotopic (exact) mass is 228 g/mol. The van der Waals surface area contributed by atoms with Crippen LogP contribution in [-0.2, 0) is 12.8 Å². The maximum atomic E-state index is 5.82. The number of fused-ring (bicyclic) bond motifs is 1. The molecule has 17 heavy (non-hydrogen) atoms. The second kappa shape index (κ2) is 3.80. The van der Waals surface area contributed by atoms with E-state index in [1.165, 1.54) is 30.4 Å². The van der Waals surface area contributed by atoms with Gasteiger partial charge >= 0.3 is 0 Å². The summed E-state index contributed by atoms with van der Waals surface area (Å²) in [4.78, 5) is 7.29. The summed E-state index contributed by atoms with van der Waals surface area (Å²) in [7, 11) is 0. The van der Waals surface area contributed by atoms with Gasteiger partial charge in [-0.15, -0.1) is 0 Å². The van der Waals surface area contributed by atoms with Crippen LogP contribution >= 0.6 is 0 Å². The topological polar surface area (TPSA) is 66.7 Å². The Bertz CT molecular complexity index is 557. The van der Waals surface area contributed by atoms with Gasteiger partial charge in [0.1, 0.15) is 11.6 Å². The largest absolute Gasteiger partial charge is 0.382 e. The number of rotatable bonds is 2. The number of hydrogen-bond acceptors (Lipinski definition) is 3. The number of benzene rings is 1. The number of nitrogens with two attached hydrogens (primary N) is 1. The first kappa shape index (κ1) is 10.2. The van der Waals surface area contributed by atoms with E-state index in [9.17, 15) is 0 Å². The molecular weight excluding hydrogens is 212 g/mol. The van der Waals surface area contributed by atoms with Crippen LogP contribution < -0.4 is 11.1 Å². The summed E-state index contributed by atoms with van der Waals surface area (Å²) in [5.74, 6) is 2.12. The average molecular weight is 228 g/mol. The Labute approximate surface area is 100 Å². The van der Waals surface area contributed by atoms with Gasteiger partial charge in [-0.1, -0.05) is 6.07 Å². The van der Waals surface area contributed by atoms with Gasteiger partial charge < -0.3 is 16.0 Å². The molecule has 2 aromatic rings. The van der Waals surface area contributed by atoms with E-state index in [0.717, 1.165) is 11.5 Å². The summed E-state index contributed by atoms with van der Waals surface area (Å²) in [5, 5.41) is 3.26. The first-order chi connectivity index (χ1) is 8.22. The van der Waals surface area contributed by atoms with Gasteiger partial charge in [0, 0.05) is 5.69 Å². The van der Waals surface area contributed by atoms with Gasteiger partial charge in [0.2, 0.25) is 0 Å². The Balaban J connectivity index is 1.88. The molecule has 3 rings (SSSR count). The van der Waals surface area contributed by atoms with E-state index in [0.29, 0.717) is 11.6 Å². The maximum absolute atomic E-state index is 5.82. The van der Waals surface area contributed by atoms with Crippen molar-refractivity contribution < 1.29 is 0 Å². The zero-order valence-electron chi connectivity index (χ0n) is 9.88. The molecule has 1 aromatic heterocycles. The molecule has 0 amide bonds. The molecule has 0 saturated carbocycles. The number of aryl methyl sites for hydroxylation is 3. The van der Waals surface area contributed by atoms with E-state index in [2.05, 4.69) is 33.5 Å². The third kappa shape index (κ3) is 1.86. The van der Waals surface area contributed by atoms with Crippen LogP contribution in [0.25, 0.3) is 0 Å². The summed E-state index contributed by atoms with van der Waals surface area (Å²) in [5.41, 5.74) is 9.80. The predicted octanol–water partition coefficient (Wildman–Crippen LogP) is 2.53. The number of anilines is 3. The number of nitrogens with zero attached hydrogens (tertiary/aromatic N) is 1. The summed E-state index contributed by atoms with van der Waals surface area (Å²) in [6, 6.07) is 6.49. The number of nitrogens with one attached hydrogen (secondary N) is 2. The van der Waals surface area contributed by atoms with E-state index in [1.807, 2.05) is 6.92 Å². The molecule has 0 aliphatic heterocycles. The number of nitrogen functional groups attached to an aromatic ring is 1. The molecule has 0 atom stereocenters. The van der Waals surface area contributed by atoms with Crippen molar-refractivity contribution in [2.75, 3.05) is 11.1 Å². The fraction of sp³-hybridized carbons (Fsp3) is 0.308. The van der Waals surface area contributed by atoms with Crippen LogP contribution in [0.5, 0.6) is 0 Å². The van der Waals surface area contributed by atoms with Gasteiger partial charge in [-0.25, -0.2) is 4.98 Å². The summed E-state index contributed by atoms with van der Waals surface area (Å²) >= 11 is 0. The van der Waals surface area contributed by atoms with Crippen LogP contribution in [0.1, 0.15) is 23.4 Å². The zero-order chi connectivity index (χ0) is 11.8. The van der Waals surface area contributed by atoms with Gasteiger partial charge in [0.05, 0.1) is 0 Å². The minimum absolute atomic E-state index is 0.586. The fourth-order valence-electron chi connectivity index (χ4n) is 2.39. The van der Waals surface area contributed by atoms with Crippen molar-refractivity contribution in [3.05, 3.63) is 35.2 Å². The Kier molecular flexibility index (Phi) is 2.28. The molecule has 0 unspecified atom stereocenters. The lowest BCUT2D eigenvalue weighted by molar-refractivity contribution is 0.912. The highest BCUT2D eigenvalue weighted by atomic mass is 15.1. The Hall–Kier alpha value is -1.97. The van der Waals surface area contributed by atoms with E-state index in [1.54, 1.807) is 0 Å². The highest BCUT2D eigenvalue weighted by Crippen LogP contribution is 2.27. The Morgan fingerprint density at radius 3 is 2.88 bits per heavy atom. The normalized spacial score (nSPS) is 13.7. The van der Waals surface area contributed by atoms with Crippen LogP contribution in [-0.4, -0.2) is 9.97 Å². The second-order valence-corrected chi connectivity index (χ2v) is 4.55. The van der Waals surface area contributed by atoms with E-state index >= 15 is 0 Å². The van der Waals surface area contributed by atoms with Gasteiger partial charge in [-0.2, -0.15) is 0 Å². The van der Waals surface area contributed by atoms with E-state index < -0.39 is 0 Å². The zero-order valence-corrected chi connectivity index (χ0v) is 9.88. The molecule has 4 N–H and O–H groups in total. The third-order valence-corrected chi connectivity index (χ3v) is 3.21. The van der Waals surface area contributed by atoms with Gasteiger partial charge in [-0.05, 0) is 49.4 Å². The first-order valence-corrected chi connectivity index (χ1v) is 5.93. The van der Waals surface area contributed by atoms with Crippen molar-refractivity contribution in [1.82, 2.24) is 9.97 Å². The minimum atomic E-state index is 0.586. The molecule has 0 saturated heterocycles. The average Bonchev–Trinajstić information content (AvgIpc) is 2.85. The number of imidazole rings is 1. The lowest BCUT2D eigenvalue weighted by Gasteiger charge is -2.06. The van der Waals surface area contributed by atoms with Crippen molar-refractivity contribution in [2.45, 2.75) is 26.2 Å². The molecule has 1 aliphatic carbocycles. The van der Waals surface area contributed by atoms with Crippen LogP contribution in [0, 0.1) is 6.92 Å². The molecule has 0 radical (unpaired) electrons. The Morgan fingerprint density at radius 2 is 2.12 bits per heavy atom. The van der Waals surface area contributed by atoms with Gasteiger partial charge in [0.25, 0.3) is 0 Å². The summed E-state index contributed by atoms with van der Waals surface area (Å²) in [6.45, 7) is 1.89. The Morgan fingerprint density at radius 1 is 1.29 bits per heavy atom. The third-order valence-electron chi connectivity index (χ3n) is 3.21. The number of hydrogen-bond donors (Lipinski definition) is 3. The molecule has 1 heterocycles. The van der Waals surface area contributed by atoms with Gasteiger partial charge in [-0.3, -0.25) is 0 Å². The molecule has 0 fully saturated rings. The van der Waals surface area contributed by atoms with Crippen molar-refractivity contribution in [1.29, 1.82) is 0 Å². The van der Waals surface area contributed by atoms with E-state index in [4.69, 9.17) is 5.73 Å². The summed E-state index contributed by atoms with van der Waals surface area (Å²) < 4.78 is 0. The number of aromatic amines is 1. The molecule has 0 bridgehead atoms. The maximum Gasteiger partial charge on any atom is 0.173 e. The highest BCUT2D eigenvalue weighted by molar-refractivity contribution is 5.67. The van der Waals surface area contributed by atoms with Crippen molar-refractivity contribution >= 4 is 17.3 Å². The molecule has 4 nitrogen and oxygen atoms in total. The summed E-state index contributed by atoms with van der Waals surface area (Å²) in [6.07, 6.45) is 3.65. The van der Waals surface area contributed by atoms with E-state index in [-0.39, 0.29) is 0 Å². The first-order valence-electron chi connectivity index (χ1n) is 5.93. The second-order valence-electron chi connectivity index (χ2n) is 4.55. The van der Waals surface area contributed by atoms with Crippen molar-refractivity contribution in [3.63, 3.8) is 0 Å². The minimum Gasteiger partial charge on any atom is -0.382 e. The van der Waals surface area contributed by atoms with Crippen LogP contribution in [0.2, 0.25) is 0 Å².